The van der Waals surface area contributed by atoms with Crippen LogP contribution in [0.25, 0.3) is 0 Å². The predicted octanol–water partition coefficient (Wildman–Crippen LogP) is 0.122. The molecule has 0 radical (unpaired) electrons. The molecular weight excluding hydrogens is 166 g/mol. The maximum absolute atomic E-state index is 8.65. The van der Waals surface area contributed by atoms with Crippen molar-refractivity contribution < 1.29 is 5.11 Å². The minimum absolute atomic E-state index is 0.145. The van der Waals surface area contributed by atoms with E-state index < -0.39 is 6.04 Å². The lowest BCUT2D eigenvalue weighted by Crippen LogP contribution is -2.15. The second-order valence-corrected chi connectivity index (χ2v) is 2.44. The smallest absolute Gasteiger partial charge is 0.132 e. The topological polar surface area (TPSA) is 72.0 Å². The molecule has 11 heavy (non-hydrogen) atoms. The van der Waals surface area contributed by atoms with E-state index in [4.69, 9.17) is 22.4 Å². The van der Waals surface area contributed by atoms with E-state index in [0.717, 1.165) is 0 Å². The SMILES string of the molecule is NC(CO)c1cc(Cl)ncn1. The van der Waals surface area contributed by atoms with Crippen molar-refractivity contribution in [3.05, 3.63) is 23.2 Å². The summed E-state index contributed by atoms with van der Waals surface area (Å²) in [6.45, 7) is -0.145. The predicted molar refractivity (Wildman–Crippen MR) is 41.1 cm³/mol. The van der Waals surface area contributed by atoms with Crippen LogP contribution in [0.15, 0.2) is 12.4 Å². The molecule has 0 aliphatic rings. The van der Waals surface area contributed by atoms with Crippen molar-refractivity contribution in [2.75, 3.05) is 6.61 Å². The lowest BCUT2D eigenvalue weighted by atomic mass is 10.2. The summed E-state index contributed by atoms with van der Waals surface area (Å²) >= 11 is 5.56. The molecule has 5 heteroatoms. The fourth-order valence-electron chi connectivity index (χ4n) is 0.644. The number of rotatable bonds is 2. The lowest BCUT2D eigenvalue weighted by molar-refractivity contribution is 0.266. The highest BCUT2D eigenvalue weighted by Gasteiger charge is 2.05. The van der Waals surface area contributed by atoms with Gasteiger partial charge >= 0.3 is 0 Å². The number of aliphatic hydroxyl groups is 1. The van der Waals surface area contributed by atoms with Gasteiger partial charge in [0.05, 0.1) is 18.3 Å². The summed E-state index contributed by atoms with van der Waals surface area (Å²) < 4.78 is 0. The molecule has 0 amide bonds. The Morgan fingerprint density at radius 1 is 1.64 bits per heavy atom. The van der Waals surface area contributed by atoms with Gasteiger partial charge in [-0.2, -0.15) is 0 Å². The molecule has 1 aromatic heterocycles. The number of nitrogens with two attached hydrogens (primary N) is 1. The van der Waals surface area contributed by atoms with Crippen molar-refractivity contribution in [3.63, 3.8) is 0 Å². The second kappa shape index (κ2) is 3.61. The molecule has 0 saturated heterocycles. The monoisotopic (exact) mass is 173 g/mol. The summed E-state index contributed by atoms with van der Waals surface area (Å²) in [7, 11) is 0. The first-order chi connectivity index (χ1) is 5.24. The van der Waals surface area contributed by atoms with E-state index in [0.29, 0.717) is 10.8 Å². The van der Waals surface area contributed by atoms with Crippen LogP contribution in [-0.4, -0.2) is 21.7 Å². The molecule has 0 saturated carbocycles. The zero-order chi connectivity index (χ0) is 8.27. The number of hydrogen-bond donors (Lipinski definition) is 2. The molecular formula is C6H8ClN3O. The zero-order valence-electron chi connectivity index (χ0n) is 5.74. The van der Waals surface area contributed by atoms with E-state index in [2.05, 4.69) is 9.97 Å². The van der Waals surface area contributed by atoms with Crippen molar-refractivity contribution in [3.8, 4) is 0 Å². The fraction of sp³-hybridized carbons (Fsp3) is 0.333. The van der Waals surface area contributed by atoms with Gasteiger partial charge in [-0.1, -0.05) is 11.6 Å². The van der Waals surface area contributed by atoms with Crippen LogP contribution in [-0.2, 0) is 0 Å². The Balaban J connectivity index is 2.86. The second-order valence-electron chi connectivity index (χ2n) is 2.05. The third-order valence-corrected chi connectivity index (χ3v) is 1.44. The molecule has 1 aromatic rings. The van der Waals surface area contributed by atoms with Crippen LogP contribution in [0.2, 0.25) is 5.15 Å². The first kappa shape index (κ1) is 8.39. The summed E-state index contributed by atoms with van der Waals surface area (Å²) in [5, 5.41) is 8.98. The first-order valence-corrected chi connectivity index (χ1v) is 3.45. The Morgan fingerprint density at radius 3 is 2.91 bits per heavy atom. The van der Waals surface area contributed by atoms with Crippen LogP contribution in [0.3, 0.4) is 0 Å². The summed E-state index contributed by atoms with van der Waals surface area (Å²) in [6.07, 6.45) is 1.31. The van der Waals surface area contributed by atoms with Gasteiger partial charge in [0.25, 0.3) is 0 Å². The third-order valence-electron chi connectivity index (χ3n) is 1.23. The van der Waals surface area contributed by atoms with Gasteiger partial charge in [0.2, 0.25) is 0 Å². The zero-order valence-corrected chi connectivity index (χ0v) is 6.49. The average molecular weight is 174 g/mol. The third kappa shape index (κ3) is 2.11. The van der Waals surface area contributed by atoms with Crippen molar-refractivity contribution in [2.24, 2.45) is 5.73 Å². The molecule has 4 nitrogen and oxygen atoms in total. The minimum Gasteiger partial charge on any atom is -0.394 e. The number of hydrogen-bond acceptors (Lipinski definition) is 4. The minimum atomic E-state index is -0.476. The van der Waals surface area contributed by atoms with Crippen LogP contribution in [0.5, 0.6) is 0 Å². The molecule has 0 spiro atoms. The molecule has 60 valence electrons. The summed E-state index contributed by atoms with van der Waals surface area (Å²) in [5.41, 5.74) is 6.01. The van der Waals surface area contributed by atoms with Crippen molar-refractivity contribution in [1.82, 2.24) is 9.97 Å². The van der Waals surface area contributed by atoms with Crippen molar-refractivity contribution >= 4 is 11.6 Å². The fourth-order valence-corrected chi connectivity index (χ4v) is 0.799. The summed E-state index contributed by atoms with van der Waals surface area (Å²) in [6, 6.07) is 1.05. The largest absolute Gasteiger partial charge is 0.394 e. The Bertz CT molecular complexity index is 243. The molecule has 0 aliphatic heterocycles. The van der Waals surface area contributed by atoms with Gasteiger partial charge in [-0.05, 0) is 6.07 Å². The van der Waals surface area contributed by atoms with Gasteiger partial charge in [-0.15, -0.1) is 0 Å². The molecule has 1 rings (SSSR count). The molecule has 0 aliphatic carbocycles. The Morgan fingerprint density at radius 2 is 2.36 bits per heavy atom. The van der Waals surface area contributed by atoms with Gasteiger partial charge in [0.1, 0.15) is 11.5 Å². The summed E-state index contributed by atoms with van der Waals surface area (Å²) in [4.78, 5) is 7.50. The van der Waals surface area contributed by atoms with E-state index in [1.54, 1.807) is 0 Å². The Labute approximate surface area is 69.0 Å². The normalized spacial score (nSPS) is 13.0. The first-order valence-electron chi connectivity index (χ1n) is 3.08. The lowest BCUT2D eigenvalue weighted by Gasteiger charge is -2.05. The van der Waals surface area contributed by atoms with Crippen LogP contribution >= 0.6 is 11.6 Å². The molecule has 1 heterocycles. The molecule has 1 atom stereocenters. The number of halogens is 1. The van der Waals surface area contributed by atoms with Crippen LogP contribution in [0.1, 0.15) is 11.7 Å². The van der Waals surface area contributed by atoms with Gasteiger partial charge in [-0.3, -0.25) is 0 Å². The van der Waals surface area contributed by atoms with Crippen LogP contribution < -0.4 is 5.73 Å². The van der Waals surface area contributed by atoms with E-state index in [9.17, 15) is 0 Å². The molecule has 1 unspecified atom stereocenters. The van der Waals surface area contributed by atoms with E-state index in [1.165, 1.54) is 12.4 Å². The van der Waals surface area contributed by atoms with Gasteiger partial charge in [0, 0.05) is 0 Å². The van der Waals surface area contributed by atoms with E-state index >= 15 is 0 Å². The van der Waals surface area contributed by atoms with Gasteiger partial charge in [0.15, 0.2) is 0 Å². The Hall–Kier alpha value is -0.710. The highest BCUT2D eigenvalue weighted by Crippen LogP contribution is 2.09. The number of aromatic nitrogens is 2. The van der Waals surface area contributed by atoms with E-state index in [-0.39, 0.29) is 6.61 Å². The standard InChI is InChI=1S/C6H8ClN3O/c7-6-1-5(4(8)2-11)9-3-10-6/h1,3-4,11H,2,8H2. The highest BCUT2D eigenvalue weighted by molar-refractivity contribution is 6.29. The van der Waals surface area contributed by atoms with Crippen molar-refractivity contribution in [1.29, 1.82) is 0 Å². The highest BCUT2D eigenvalue weighted by atomic mass is 35.5. The van der Waals surface area contributed by atoms with Gasteiger partial charge < -0.3 is 10.8 Å². The quantitative estimate of drug-likeness (QED) is 0.624. The number of aliphatic hydroxyl groups excluding tert-OH is 1. The molecule has 0 bridgehead atoms. The van der Waals surface area contributed by atoms with E-state index in [1.807, 2.05) is 0 Å². The maximum Gasteiger partial charge on any atom is 0.132 e. The average Bonchev–Trinajstić information content (AvgIpc) is 2.03. The Kier molecular flexibility index (Phi) is 2.76. The summed E-state index contributed by atoms with van der Waals surface area (Å²) in [5.74, 6) is 0. The molecule has 0 aromatic carbocycles. The van der Waals surface area contributed by atoms with Gasteiger partial charge in [-0.25, -0.2) is 9.97 Å². The maximum atomic E-state index is 8.65. The van der Waals surface area contributed by atoms with Crippen molar-refractivity contribution in [2.45, 2.75) is 6.04 Å². The van der Waals surface area contributed by atoms with Crippen LogP contribution in [0.4, 0.5) is 0 Å². The van der Waals surface area contributed by atoms with Crippen LogP contribution in [0, 0.1) is 0 Å². The number of nitrogens with zero attached hydrogens (tertiary/aromatic N) is 2. The molecule has 3 N–H and O–H groups in total. The molecule has 0 fully saturated rings.